The Kier molecular flexibility index (Phi) is 9.66. The molecule has 0 fully saturated rings. The molecule has 0 bridgehead atoms. The molecule has 0 spiro atoms. The van der Waals surface area contributed by atoms with Crippen LogP contribution >= 0.6 is 11.8 Å². The summed E-state index contributed by atoms with van der Waals surface area (Å²) in [4.78, 5) is 25.7. The molecule has 0 saturated heterocycles. The second kappa shape index (κ2) is 13.2. The van der Waals surface area contributed by atoms with Crippen molar-refractivity contribution in [1.29, 1.82) is 0 Å². The van der Waals surface area contributed by atoms with Crippen molar-refractivity contribution in [1.82, 2.24) is 24.4 Å². The van der Waals surface area contributed by atoms with E-state index in [1.54, 1.807) is 31.4 Å². The lowest BCUT2D eigenvalue weighted by Crippen LogP contribution is -2.25. The first-order valence-corrected chi connectivity index (χ1v) is 15.3. The highest BCUT2D eigenvalue weighted by Gasteiger charge is 2.20. The smallest absolute Gasteiger partial charge is 0.251 e. The number of aromatic nitrogens is 3. The molecule has 1 aromatic heterocycles. The van der Waals surface area contributed by atoms with Gasteiger partial charge in [0, 0.05) is 25.3 Å². The summed E-state index contributed by atoms with van der Waals surface area (Å²) < 4.78 is 32.8. The average molecular weight is 609 g/mol. The highest BCUT2D eigenvalue weighted by Crippen LogP contribution is 2.26. The van der Waals surface area contributed by atoms with Crippen LogP contribution in [-0.2, 0) is 21.4 Å². The minimum Gasteiger partial charge on any atom is -0.497 e. The fourth-order valence-corrected chi connectivity index (χ4v) is 5.72. The molecule has 13 heteroatoms. The first-order valence-electron chi connectivity index (χ1n) is 12.9. The maximum Gasteiger partial charge on any atom is 0.251 e. The van der Waals surface area contributed by atoms with Gasteiger partial charge in [-0.2, -0.15) is 0 Å². The quantitative estimate of drug-likeness (QED) is 0.246. The second-order valence-electron chi connectivity index (χ2n) is 9.58. The molecular weight excluding hydrogens is 576 g/mol. The van der Waals surface area contributed by atoms with Gasteiger partial charge in [-0.05, 0) is 74.0 Å². The van der Waals surface area contributed by atoms with Crippen molar-refractivity contribution in [3.8, 4) is 11.4 Å². The van der Waals surface area contributed by atoms with Crippen LogP contribution in [0.15, 0.2) is 76.8 Å². The van der Waals surface area contributed by atoms with Crippen molar-refractivity contribution >= 4 is 39.3 Å². The van der Waals surface area contributed by atoms with Crippen molar-refractivity contribution in [2.45, 2.75) is 30.4 Å². The molecule has 0 aliphatic heterocycles. The molecule has 0 aliphatic rings. The van der Waals surface area contributed by atoms with Crippen molar-refractivity contribution < 1.29 is 22.7 Å². The van der Waals surface area contributed by atoms with Crippen LogP contribution in [0.2, 0.25) is 0 Å². The topological polar surface area (TPSA) is 136 Å². The molecule has 0 unspecified atom stereocenters. The fraction of sp³-hybridized carbons (Fsp3) is 0.241. The van der Waals surface area contributed by atoms with E-state index >= 15 is 0 Å². The number of carbonyl (C=O) groups excluding carboxylic acids is 2. The Labute approximate surface area is 249 Å². The molecule has 3 aromatic carbocycles. The first kappa shape index (κ1) is 30.8. The van der Waals surface area contributed by atoms with Crippen LogP contribution in [0.4, 0.5) is 5.69 Å². The number of aryl methyl sites for hydroxylation is 2. The van der Waals surface area contributed by atoms with Crippen LogP contribution in [0.1, 0.15) is 27.3 Å². The number of anilines is 1. The van der Waals surface area contributed by atoms with Crippen LogP contribution in [0.3, 0.4) is 0 Å². The number of rotatable bonds is 11. The average Bonchev–Trinajstić information content (AvgIpc) is 3.37. The Hall–Kier alpha value is -4.20. The summed E-state index contributed by atoms with van der Waals surface area (Å²) in [7, 11) is 0.866. The SMILES string of the molecule is COc1ccc(NC(=O)CSc2nnc(CNC(=O)c3ccc(S(=O)(=O)N(C)C)cc3)n2-c2ccc(C)cc2C)cc1. The number of ether oxygens (including phenoxy) is 1. The summed E-state index contributed by atoms with van der Waals surface area (Å²) in [6, 6.07) is 18.7. The highest BCUT2D eigenvalue weighted by molar-refractivity contribution is 7.99. The largest absolute Gasteiger partial charge is 0.497 e. The summed E-state index contributed by atoms with van der Waals surface area (Å²) in [5.74, 6) is 0.642. The molecule has 4 rings (SSSR count). The fourth-order valence-electron chi connectivity index (χ4n) is 4.06. The Balaban J connectivity index is 1.51. The molecule has 2 N–H and O–H groups in total. The van der Waals surface area contributed by atoms with Crippen LogP contribution in [0, 0.1) is 13.8 Å². The van der Waals surface area contributed by atoms with Crippen molar-refractivity contribution in [3.05, 3.63) is 89.2 Å². The Morgan fingerprint density at radius 3 is 2.29 bits per heavy atom. The minimum atomic E-state index is -3.60. The van der Waals surface area contributed by atoms with Crippen LogP contribution in [-0.4, -0.2) is 66.3 Å². The molecule has 1 heterocycles. The number of hydrogen-bond acceptors (Lipinski definition) is 8. The molecule has 2 amide bonds. The Bertz CT molecular complexity index is 1680. The van der Waals surface area contributed by atoms with E-state index in [2.05, 4.69) is 20.8 Å². The van der Waals surface area contributed by atoms with Crippen molar-refractivity contribution in [3.63, 3.8) is 0 Å². The van der Waals surface area contributed by atoms with Gasteiger partial charge >= 0.3 is 0 Å². The molecule has 0 atom stereocenters. The third kappa shape index (κ3) is 7.16. The molecule has 220 valence electrons. The monoisotopic (exact) mass is 608 g/mol. The lowest BCUT2D eigenvalue weighted by atomic mass is 10.1. The minimum absolute atomic E-state index is 0.0511. The number of nitrogens with zero attached hydrogens (tertiary/aromatic N) is 4. The molecule has 0 radical (unpaired) electrons. The first-order chi connectivity index (χ1) is 20.0. The van der Waals surface area contributed by atoms with Gasteiger partial charge in [-0.15, -0.1) is 10.2 Å². The summed E-state index contributed by atoms with van der Waals surface area (Å²) in [5.41, 5.74) is 3.84. The third-order valence-electron chi connectivity index (χ3n) is 6.30. The zero-order chi connectivity index (χ0) is 30.4. The van der Waals surface area contributed by atoms with Gasteiger partial charge in [0.2, 0.25) is 15.9 Å². The predicted octanol–water partition coefficient (Wildman–Crippen LogP) is 3.80. The van der Waals surface area contributed by atoms with E-state index in [0.717, 1.165) is 21.1 Å². The van der Waals surface area contributed by atoms with Gasteiger partial charge in [-0.25, -0.2) is 12.7 Å². The van der Waals surface area contributed by atoms with E-state index in [9.17, 15) is 18.0 Å². The zero-order valence-corrected chi connectivity index (χ0v) is 25.5. The summed E-state index contributed by atoms with van der Waals surface area (Å²) in [5, 5.41) is 14.8. The Morgan fingerprint density at radius 1 is 0.976 bits per heavy atom. The van der Waals surface area contributed by atoms with Gasteiger partial charge < -0.3 is 15.4 Å². The summed E-state index contributed by atoms with van der Waals surface area (Å²) in [6.07, 6.45) is 0. The van der Waals surface area contributed by atoms with E-state index in [1.165, 1.54) is 50.1 Å². The maximum absolute atomic E-state index is 12.9. The van der Waals surface area contributed by atoms with E-state index in [1.807, 2.05) is 36.6 Å². The predicted molar refractivity (Wildman–Crippen MR) is 162 cm³/mol. The molecule has 11 nitrogen and oxygen atoms in total. The maximum atomic E-state index is 12.9. The lowest BCUT2D eigenvalue weighted by molar-refractivity contribution is -0.113. The van der Waals surface area contributed by atoms with Crippen LogP contribution in [0.5, 0.6) is 5.75 Å². The Morgan fingerprint density at radius 2 is 1.67 bits per heavy atom. The van der Waals surface area contributed by atoms with E-state index < -0.39 is 15.9 Å². The lowest BCUT2D eigenvalue weighted by Gasteiger charge is -2.14. The summed E-state index contributed by atoms with van der Waals surface area (Å²) in [6.45, 7) is 4.02. The number of benzene rings is 3. The van der Waals surface area contributed by atoms with Crippen molar-refractivity contribution in [2.75, 3.05) is 32.3 Å². The number of carbonyl (C=O) groups is 2. The van der Waals surface area contributed by atoms with Crippen molar-refractivity contribution in [2.24, 2.45) is 0 Å². The van der Waals surface area contributed by atoms with Gasteiger partial charge in [0.05, 0.1) is 30.0 Å². The number of nitrogens with one attached hydrogen (secondary N) is 2. The number of hydrogen-bond donors (Lipinski definition) is 2. The highest BCUT2D eigenvalue weighted by atomic mass is 32.2. The zero-order valence-electron chi connectivity index (χ0n) is 23.9. The number of sulfonamides is 1. The molecule has 42 heavy (non-hydrogen) atoms. The van der Waals surface area contributed by atoms with Gasteiger partial charge in [0.1, 0.15) is 5.75 Å². The molecule has 0 aliphatic carbocycles. The van der Waals surface area contributed by atoms with E-state index in [0.29, 0.717) is 28.0 Å². The number of amides is 2. The third-order valence-corrected chi connectivity index (χ3v) is 9.06. The van der Waals surface area contributed by atoms with Gasteiger partial charge in [-0.1, -0.05) is 29.5 Å². The van der Waals surface area contributed by atoms with Gasteiger partial charge in [0.25, 0.3) is 5.91 Å². The van der Waals surface area contributed by atoms with Crippen LogP contribution < -0.4 is 15.4 Å². The number of thioether (sulfide) groups is 1. The summed E-state index contributed by atoms with van der Waals surface area (Å²) >= 11 is 1.23. The van der Waals surface area contributed by atoms with Crippen LogP contribution in [0.25, 0.3) is 5.69 Å². The van der Waals surface area contributed by atoms with E-state index in [4.69, 9.17) is 4.74 Å². The molecule has 4 aromatic rings. The second-order valence-corrected chi connectivity index (χ2v) is 12.7. The number of methoxy groups -OCH3 is 1. The van der Waals surface area contributed by atoms with Gasteiger partial charge in [-0.3, -0.25) is 14.2 Å². The standard InChI is InChI=1S/C29H32N6O5S2/c1-19-6-15-25(20(2)16-19)35-26(17-30-28(37)21-7-13-24(14-8-21)42(38,39)34(3)4)32-33-29(35)41-18-27(36)31-22-9-11-23(40-5)12-10-22/h6-16H,17-18H2,1-5H3,(H,30,37)(H,31,36). The van der Waals surface area contributed by atoms with Gasteiger partial charge in [0.15, 0.2) is 11.0 Å². The molecule has 0 saturated carbocycles. The normalized spacial score (nSPS) is 11.4. The van der Waals surface area contributed by atoms with E-state index in [-0.39, 0.29) is 23.1 Å². The molecular formula is C29H32N6O5S2.